The van der Waals surface area contributed by atoms with Crippen LogP contribution in [0.4, 0.5) is 0 Å². The maximum absolute atomic E-state index is 11.0. The van der Waals surface area contributed by atoms with Crippen LogP contribution in [0, 0.1) is 5.92 Å². The van der Waals surface area contributed by atoms with Crippen molar-refractivity contribution in [2.24, 2.45) is 5.92 Å². The molecule has 0 saturated heterocycles. The van der Waals surface area contributed by atoms with Gasteiger partial charge in [0.05, 0.1) is 11.7 Å². The molecule has 0 spiro atoms. The van der Waals surface area contributed by atoms with Gasteiger partial charge in [0.25, 0.3) is 0 Å². The summed E-state index contributed by atoms with van der Waals surface area (Å²) in [5, 5.41) is 13.6. The smallest absolute Gasteiger partial charge is 0.192 e. The van der Waals surface area contributed by atoms with Crippen LogP contribution in [0.1, 0.15) is 58.6 Å². The molecule has 26 heavy (non-hydrogen) atoms. The molecule has 2 aromatic rings. The Balaban J connectivity index is 1.93. The highest BCUT2D eigenvalue weighted by Crippen LogP contribution is 2.52. The van der Waals surface area contributed by atoms with Crippen molar-refractivity contribution in [1.29, 1.82) is 0 Å². The largest absolute Gasteiger partial charge is 0.410 e. The highest BCUT2D eigenvalue weighted by atomic mass is 28.4. The summed E-state index contributed by atoms with van der Waals surface area (Å²) >= 11 is 0. The quantitative estimate of drug-likeness (QED) is 0.592. The van der Waals surface area contributed by atoms with E-state index in [4.69, 9.17) is 4.43 Å². The second-order valence-corrected chi connectivity index (χ2v) is 14.3. The summed E-state index contributed by atoms with van der Waals surface area (Å²) in [6, 6.07) is 15.1. The Morgan fingerprint density at radius 2 is 1.81 bits per heavy atom. The summed E-state index contributed by atoms with van der Waals surface area (Å²) < 4.78 is 6.83. The first-order valence-electron chi connectivity index (χ1n) is 9.95. The minimum Gasteiger partial charge on any atom is -0.410 e. The van der Waals surface area contributed by atoms with Crippen LogP contribution in [0.2, 0.25) is 18.1 Å². The van der Waals surface area contributed by atoms with E-state index in [0.29, 0.717) is 12.3 Å². The van der Waals surface area contributed by atoms with E-state index in [9.17, 15) is 5.11 Å². The lowest BCUT2D eigenvalue weighted by Gasteiger charge is -2.40. The lowest BCUT2D eigenvalue weighted by molar-refractivity contribution is 0.0574. The zero-order valence-corrected chi connectivity index (χ0v) is 18.2. The maximum atomic E-state index is 11.0. The summed E-state index contributed by atoms with van der Waals surface area (Å²) in [5.41, 5.74) is 0.650. The molecule has 1 aliphatic rings. The molecule has 1 aliphatic carbocycles. The standard InChI is InChI=1S/C23H34O2Si/c1-7-20-15-23(20,24)16-21(25-26(5,6)22(2,3)4)19-13-12-17-10-8-9-11-18(17)14-19/h8-14,20-21,24H,7,15-16H2,1-6H3/t20-,21?,23+/m1/s1. The van der Waals surface area contributed by atoms with Crippen molar-refractivity contribution in [2.45, 2.75) is 76.8 Å². The Morgan fingerprint density at radius 3 is 2.38 bits per heavy atom. The maximum Gasteiger partial charge on any atom is 0.192 e. The molecular weight excluding hydrogens is 336 g/mol. The van der Waals surface area contributed by atoms with E-state index in [1.165, 1.54) is 16.3 Å². The number of hydrogen-bond acceptors (Lipinski definition) is 2. The molecule has 0 heterocycles. The topological polar surface area (TPSA) is 29.5 Å². The zero-order valence-electron chi connectivity index (χ0n) is 17.2. The van der Waals surface area contributed by atoms with Gasteiger partial charge in [-0.25, -0.2) is 0 Å². The van der Waals surface area contributed by atoms with Crippen LogP contribution >= 0.6 is 0 Å². The molecule has 1 N–H and O–H groups in total. The van der Waals surface area contributed by atoms with Crippen molar-refractivity contribution in [3.8, 4) is 0 Å². The molecule has 0 radical (unpaired) electrons. The molecule has 3 heteroatoms. The van der Waals surface area contributed by atoms with Crippen molar-refractivity contribution in [3.63, 3.8) is 0 Å². The first-order chi connectivity index (χ1) is 12.1. The van der Waals surface area contributed by atoms with Crippen molar-refractivity contribution in [1.82, 2.24) is 0 Å². The van der Waals surface area contributed by atoms with E-state index >= 15 is 0 Å². The fraction of sp³-hybridized carbons (Fsp3) is 0.565. The van der Waals surface area contributed by atoms with Gasteiger partial charge >= 0.3 is 0 Å². The van der Waals surface area contributed by atoms with E-state index in [0.717, 1.165) is 12.8 Å². The zero-order chi connectivity index (χ0) is 19.2. The van der Waals surface area contributed by atoms with Gasteiger partial charge in [-0.15, -0.1) is 0 Å². The van der Waals surface area contributed by atoms with Crippen molar-refractivity contribution >= 4 is 19.1 Å². The fourth-order valence-electron chi connectivity index (χ4n) is 3.63. The predicted octanol–water partition coefficient (Wildman–Crippen LogP) is 6.45. The number of hydrogen-bond donors (Lipinski definition) is 1. The molecule has 2 nitrogen and oxygen atoms in total. The predicted molar refractivity (Wildman–Crippen MR) is 113 cm³/mol. The van der Waals surface area contributed by atoms with Gasteiger partial charge in [-0.05, 0) is 52.9 Å². The summed E-state index contributed by atoms with van der Waals surface area (Å²) in [6.07, 6.45) is 2.62. The summed E-state index contributed by atoms with van der Waals surface area (Å²) in [5.74, 6) is 0.425. The molecule has 0 bridgehead atoms. The van der Waals surface area contributed by atoms with E-state index in [1.54, 1.807) is 0 Å². The van der Waals surface area contributed by atoms with Crippen LogP contribution in [0.25, 0.3) is 10.8 Å². The highest BCUT2D eigenvalue weighted by molar-refractivity contribution is 6.74. The van der Waals surface area contributed by atoms with Gasteiger partial charge < -0.3 is 9.53 Å². The van der Waals surface area contributed by atoms with E-state index in [2.05, 4.69) is 83.3 Å². The first-order valence-corrected chi connectivity index (χ1v) is 12.9. The Morgan fingerprint density at radius 1 is 1.15 bits per heavy atom. The molecule has 2 aromatic carbocycles. The molecule has 1 unspecified atom stereocenters. The number of rotatable bonds is 6. The van der Waals surface area contributed by atoms with Gasteiger partial charge in [0, 0.05) is 6.42 Å². The Bertz CT molecular complexity index is 777. The SMILES string of the molecule is CC[C@@H]1C[C@]1(O)CC(O[Si](C)(C)C(C)(C)C)c1ccc2ccccc2c1. The molecule has 3 atom stereocenters. The Labute approximate surface area is 159 Å². The Kier molecular flexibility index (Phi) is 5.11. The van der Waals surface area contributed by atoms with Crippen LogP contribution < -0.4 is 0 Å². The molecule has 0 amide bonds. The van der Waals surface area contributed by atoms with Gasteiger partial charge in [0.1, 0.15) is 0 Å². The van der Waals surface area contributed by atoms with Crippen LogP contribution in [0.15, 0.2) is 42.5 Å². The second kappa shape index (κ2) is 6.77. The van der Waals surface area contributed by atoms with Crippen molar-refractivity contribution in [3.05, 3.63) is 48.0 Å². The molecular formula is C23H34O2Si. The molecule has 0 aromatic heterocycles. The second-order valence-electron chi connectivity index (χ2n) is 9.59. The van der Waals surface area contributed by atoms with Crippen molar-refractivity contribution in [2.75, 3.05) is 0 Å². The molecule has 3 rings (SSSR count). The van der Waals surface area contributed by atoms with Gasteiger partial charge in [-0.1, -0.05) is 70.5 Å². The summed E-state index contributed by atoms with van der Waals surface area (Å²) in [6.45, 7) is 13.6. The highest BCUT2D eigenvalue weighted by Gasteiger charge is 2.53. The third-order valence-electron chi connectivity index (χ3n) is 6.62. The number of benzene rings is 2. The third kappa shape index (κ3) is 3.90. The van der Waals surface area contributed by atoms with Crippen LogP contribution in [-0.2, 0) is 4.43 Å². The minimum absolute atomic E-state index is 0.0398. The van der Waals surface area contributed by atoms with E-state index < -0.39 is 13.9 Å². The summed E-state index contributed by atoms with van der Waals surface area (Å²) in [4.78, 5) is 0. The van der Waals surface area contributed by atoms with E-state index in [1.807, 2.05) is 0 Å². The van der Waals surface area contributed by atoms with Crippen molar-refractivity contribution < 1.29 is 9.53 Å². The normalized spacial score (nSPS) is 24.7. The molecule has 142 valence electrons. The molecule has 0 aliphatic heterocycles. The lowest BCUT2D eigenvalue weighted by atomic mass is 9.98. The van der Waals surface area contributed by atoms with Crippen LogP contribution in [0.5, 0.6) is 0 Å². The van der Waals surface area contributed by atoms with Gasteiger partial charge in [0.15, 0.2) is 8.32 Å². The average molecular weight is 371 g/mol. The molecule has 1 saturated carbocycles. The molecule has 1 fully saturated rings. The number of aliphatic hydroxyl groups is 1. The lowest BCUT2D eigenvalue weighted by Crippen LogP contribution is -2.42. The third-order valence-corrected chi connectivity index (χ3v) is 11.1. The average Bonchev–Trinajstić information content (AvgIpc) is 3.22. The van der Waals surface area contributed by atoms with E-state index in [-0.39, 0.29) is 11.1 Å². The monoisotopic (exact) mass is 370 g/mol. The Hall–Kier alpha value is -1.16. The summed E-state index contributed by atoms with van der Waals surface area (Å²) in [7, 11) is -1.93. The minimum atomic E-state index is -1.93. The fourth-order valence-corrected chi connectivity index (χ4v) is 4.92. The van der Waals surface area contributed by atoms with Gasteiger partial charge in [0.2, 0.25) is 0 Å². The first kappa shape index (κ1) is 19.6. The van der Waals surface area contributed by atoms with Gasteiger partial charge in [-0.3, -0.25) is 0 Å². The van der Waals surface area contributed by atoms with Crippen LogP contribution in [0.3, 0.4) is 0 Å². The number of fused-ring (bicyclic) bond motifs is 1. The van der Waals surface area contributed by atoms with Gasteiger partial charge in [-0.2, -0.15) is 0 Å². The van der Waals surface area contributed by atoms with Crippen LogP contribution in [-0.4, -0.2) is 19.0 Å².